The molecule has 0 radical (unpaired) electrons. The minimum atomic E-state index is -4.23. The van der Waals surface area contributed by atoms with Gasteiger partial charge in [0.25, 0.3) is 0 Å². The van der Waals surface area contributed by atoms with Crippen LogP contribution in [0.15, 0.2) is 22.7 Å². The summed E-state index contributed by atoms with van der Waals surface area (Å²) in [6, 6.07) is 4.48. The Bertz CT molecular complexity index is 432. The molecule has 1 aromatic carbocycles. The third-order valence-electron chi connectivity index (χ3n) is 2.05. The van der Waals surface area contributed by atoms with Gasteiger partial charge in [-0.15, -0.1) is 0 Å². The van der Waals surface area contributed by atoms with Gasteiger partial charge in [-0.2, -0.15) is 13.2 Å². The maximum atomic E-state index is 11.9. The molecule has 0 aliphatic heterocycles. The number of carboxylic acids is 1. The Hall–Kier alpha value is -1.24. The molecular weight excluding hydrogens is 317 g/mol. The second-order valence-electron chi connectivity index (χ2n) is 3.49. The molecule has 3 nitrogen and oxygen atoms in total. The van der Waals surface area contributed by atoms with Crippen molar-refractivity contribution in [3.8, 4) is 5.75 Å². The first-order valence-electron chi connectivity index (χ1n) is 5.02. The fraction of sp³-hybridized carbons (Fsp3) is 0.364. The summed E-state index contributed by atoms with van der Waals surface area (Å²) in [7, 11) is 0. The van der Waals surface area contributed by atoms with E-state index >= 15 is 0 Å². The van der Waals surface area contributed by atoms with E-state index in [9.17, 15) is 18.0 Å². The van der Waals surface area contributed by atoms with Gasteiger partial charge < -0.3 is 9.84 Å². The molecule has 0 amide bonds. The van der Waals surface area contributed by atoms with Crippen LogP contribution in [0.5, 0.6) is 5.75 Å². The van der Waals surface area contributed by atoms with Crippen LogP contribution in [0, 0.1) is 0 Å². The SMILES string of the molecule is O=C(O)c1c(Br)cccc1OCCCC(F)(F)F. The number of carboxylic acid groups (broad SMARTS) is 1. The quantitative estimate of drug-likeness (QED) is 0.835. The molecule has 0 saturated heterocycles. The van der Waals surface area contributed by atoms with Crippen molar-refractivity contribution < 1.29 is 27.8 Å². The first-order chi connectivity index (χ1) is 8.31. The van der Waals surface area contributed by atoms with Crippen LogP contribution in [0.4, 0.5) is 13.2 Å². The number of hydrogen-bond acceptors (Lipinski definition) is 2. The van der Waals surface area contributed by atoms with Crippen molar-refractivity contribution >= 4 is 21.9 Å². The number of alkyl halides is 3. The maximum absolute atomic E-state index is 11.9. The van der Waals surface area contributed by atoms with Crippen molar-refractivity contribution in [3.63, 3.8) is 0 Å². The Kier molecular flexibility index (Phi) is 5.01. The first-order valence-corrected chi connectivity index (χ1v) is 5.82. The molecule has 0 aliphatic carbocycles. The van der Waals surface area contributed by atoms with Gasteiger partial charge in [-0.1, -0.05) is 6.07 Å². The van der Waals surface area contributed by atoms with Crippen LogP contribution in [0.25, 0.3) is 0 Å². The molecule has 0 unspecified atom stereocenters. The molecule has 0 fully saturated rings. The van der Waals surface area contributed by atoms with E-state index in [1.165, 1.54) is 12.1 Å². The lowest BCUT2D eigenvalue weighted by molar-refractivity contribution is -0.136. The normalized spacial score (nSPS) is 11.3. The lowest BCUT2D eigenvalue weighted by Crippen LogP contribution is -2.11. The molecule has 1 aromatic rings. The van der Waals surface area contributed by atoms with Gasteiger partial charge in [0.15, 0.2) is 0 Å². The van der Waals surface area contributed by atoms with E-state index in [1.54, 1.807) is 6.07 Å². The Labute approximate surface area is 110 Å². The van der Waals surface area contributed by atoms with E-state index in [0.717, 1.165) is 0 Å². The number of rotatable bonds is 5. The van der Waals surface area contributed by atoms with Gasteiger partial charge in [-0.05, 0) is 34.5 Å². The molecule has 0 atom stereocenters. The van der Waals surface area contributed by atoms with Crippen molar-refractivity contribution in [1.82, 2.24) is 0 Å². The second-order valence-corrected chi connectivity index (χ2v) is 4.34. The van der Waals surface area contributed by atoms with Crippen LogP contribution in [-0.4, -0.2) is 23.9 Å². The second kappa shape index (κ2) is 6.08. The highest BCUT2D eigenvalue weighted by Crippen LogP contribution is 2.27. The molecule has 0 aliphatic rings. The van der Waals surface area contributed by atoms with Gasteiger partial charge >= 0.3 is 12.1 Å². The molecular formula is C11H10BrF3O3. The average Bonchev–Trinajstić information content (AvgIpc) is 2.22. The van der Waals surface area contributed by atoms with Crippen LogP contribution in [0.1, 0.15) is 23.2 Å². The summed E-state index contributed by atoms with van der Waals surface area (Å²) >= 11 is 3.05. The molecule has 0 heterocycles. The number of halogens is 4. The fourth-order valence-electron chi connectivity index (χ4n) is 1.29. The van der Waals surface area contributed by atoms with E-state index < -0.39 is 18.6 Å². The van der Waals surface area contributed by atoms with Crippen LogP contribution >= 0.6 is 15.9 Å². The molecule has 0 spiro atoms. The molecule has 1 N–H and O–H groups in total. The smallest absolute Gasteiger partial charge is 0.389 e. The van der Waals surface area contributed by atoms with Crippen molar-refractivity contribution in [2.45, 2.75) is 19.0 Å². The minimum Gasteiger partial charge on any atom is -0.493 e. The van der Waals surface area contributed by atoms with E-state index in [2.05, 4.69) is 15.9 Å². The Morgan fingerprint density at radius 1 is 1.39 bits per heavy atom. The third kappa shape index (κ3) is 4.56. The van der Waals surface area contributed by atoms with Gasteiger partial charge in [0.05, 0.1) is 6.61 Å². The summed E-state index contributed by atoms with van der Waals surface area (Å²) in [5.74, 6) is -1.15. The van der Waals surface area contributed by atoms with Crippen LogP contribution < -0.4 is 4.74 Å². The average molecular weight is 327 g/mol. The molecule has 0 aromatic heterocycles. The standard InChI is InChI=1S/C11H10BrF3O3/c12-7-3-1-4-8(9(7)10(16)17)18-6-2-5-11(13,14)15/h1,3-4H,2,5-6H2,(H,16,17). The molecule has 7 heteroatoms. The topological polar surface area (TPSA) is 46.5 Å². The van der Waals surface area contributed by atoms with E-state index in [4.69, 9.17) is 9.84 Å². The summed E-state index contributed by atoms with van der Waals surface area (Å²) in [4.78, 5) is 10.9. The predicted octanol–water partition coefficient (Wildman–Crippen LogP) is 3.87. The highest BCUT2D eigenvalue weighted by Gasteiger charge is 2.26. The largest absolute Gasteiger partial charge is 0.493 e. The lowest BCUT2D eigenvalue weighted by atomic mass is 10.2. The highest BCUT2D eigenvalue weighted by atomic mass is 79.9. The van der Waals surface area contributed by atoms with E-state index in [1.807, 2.05) is 0 Å². The molecule has 18 heavy (non-hydrogen) atoms. The number of ether oxygens (including phenoxy) is 1. The monoisotopic (exact) mass is 326 g/mol. The van der Waals surface area contributed by atoms with Crippen LogP contribution in [-0.2, 0) is 0 Å². The van der Waals surface area contributed by atoms with E-state index in [-0.39, 0.29) is 24.3 Å². The summed E-state index contributed by atoms with van der Waals surface area (Å²) < 4.78 is 41.1. The van der Waals surface area contributed by atoms with Gasteiger partial charge in [0.2, 0.25) is 0 Å². The molecule has 0 bridgehead atoms. The first kappa shape index (κ1) is 14.8. The zero-order chi connectivity index (χ0) is 13.8. The zero-order valence-electron chi connectivity index (χ0n) is 9.13. The number of hydrogen-bond donors (Lipinski definition) is 1. The number of benzene rings is 1. The van der Waals surface area contributed by atoms with Gasteiger partial charge in [0, 0.05) is 10.9 Å². The van der Waals surface area contributed by atoms with Crippen molar-refractivity contribution in [1.29, 1.82) is 0 Å². The van der Waals surface area contributed by atoms with Gasteiger partial charge in [-0.3, -0.25) is 0 Å². The minimum absolute atomic E-state index is 0.0547. The van der Waals surface area contributed by atoms with Gasteiger partial charge in [-0.25, -0.2) is 4.79 Å². The molecule has 0 saturated carbocycles. The van der Waals surface area contributed by atoms with Crippen molar-refractivity contribution in [2.75, 3.05) is 6.61 Å². The van der Waals surface area contributed by atoms with Crippen molar-refractivity contribution in [3.05, 3.63) is 28.2 Å². The zero-order valence-corrected chi connectivity index (χ0v) is 10.7. The van der Waals surface area contributed by atoms with Crippen molar-refractivity contribution in [2.24, 2.45) is 0 Å². The molecule has 100 valence electrons. The number of carbonyl (C=O) groups is 1. The predicted molar refractivity (Wildman–Crippen MR) is 61.9 cm³/mol. The van der Waals surface area contributed by atoms with Crippen LogP contribution in [0.2, 0.25) is 0 Å². The highest BCUT2D eigenvalue weighted by molar-refractivity contribution is 9.10. The fourth-order valence-corrected chi connectivity index (χ4v) is 1.80. The Balaban J connectivity index is 2.63. The lowest BCUT2D eigenvalue weighted by Gasteiger charge is -2.11. The summed E-state index contributed by atoms with van der Waals surface area (Å²) in [6.07, 6.45) is -5.39. The number of aromatic carboxylic acids is 1. The Morgan fingerprint density at radius 3 is 2.61 bits per heavy atom. The molecule has 1 rings (SSSR count). The van der Waals surface area contributed by atoms with Gasteiger partial charge in [0.1, 0.15) is 11.3 Å². The summed E-state index contributed by atoms with van der Waals surface area (Å²) in [5, 5.41) is 8.94. The maximum Gasteiger partial charge on any atom is 0.389 e. The Morgan fingerprint density at radius 2 is 2.06 bits per heavy atom. The van der Waals surface area contributed by atoms with Crippen LogP contribution in [0.3, 0.4) is 0 Å². The third-order valence-corrected chi connectivity index (χ3v) is 2.71. The summed E-state index contributed by atoms with van der Waals surface area (Å²) in [5.41, 5.74) is -0.0930. The summed E-state index contributed by atoms with van der Waals surface area (Å²) in [6.45, 7) is -0.184. The van der Waals surface area contributed by atoms with E-state index in [0.29, 0.717) is 4.47 Å².